The third-order valence-electron chi connectivity index (χ3n) is 3.79. The Morgan fingerprint density at radius 3 is 2.68 bits per heavy atom. The van der Waals surface area contributed by atoms with Crippen LogP contribution in [0.2, 0.25) is 0 Å². The molecule has 0 radical (unpaired) electrons. The molecule has 3 heterocycles. The van der Waals surface area contributed by atoms with Crippen molar-refractivity contribution in [1.29, 1.82) is 0 Å². The van der Waals surface area contributed by atoms with Crippen molar-refractivity contribution in [3.63, 3.8) is 0 Å². The molecule has 0 unspecified atom stereocenters. The van der Waals surface area contributed by atoms with Gasteiger partial charge in [-0.25, -0.2) is 14.8 Å². The van der Waals surface area contributed by atoms with Crippen molar-refractivity contribution in [3.05, 3.63) is 12.4 Å². The molecule has 2 saturated heterocycles. The number of rotatable bonds is 2. The Balaban J connectivity index is 1.61. The zero-order valence-corrected chi connectivity index (χ0v) is 10.7. The van der Waals surface area contributed by atoms with Crippen LogP contribution in [0.15, 0.2) is 12.4 Å². The molecular weight excluding hydrogens is 244 g/mol. The van der Waals surface area contributed by atoms with Crippen LogP contribution in [0.4, 0.5) is 16.4 Å². The number of nitrogen functional groups attached to an aromatic ring is 1. The molecule has 7 nitrogen and oxygen atoms in total. The summed E-state index contributed by atoms with van der Waals surface area (Å²) >= 11 is 0. The van der Waals surface area contributed by atoms with Crippen molar-refractivity contribution < 1.29 is 4.79 Å². The van der Waals surface area contributed by atoms with E-state index in [1.54, 1.807) is 6.07 Å². The average Bonchev–Trinajstić information content (AvgIpc) is 2.85. The molecule has 3 rings (SSSR count). The topological polar surface area (TPSA) is 87.4 Å². The SMILES string of the molecule is Nc1cc(N2CCC(N3CCNC3=O)CC2)ncn1. The lowest BCUT2D eigenvalue weighted by atomic mass is 10.0. The van der Waals surface area contributed by atoms with Gasteiger partial charge in [-0.2, -0.15) is 0 Å². The van der Waals surface area contributed by atoms with Gasteiger partial charge in [0.05, 0.1) is 0 Å². The van der Waals surface area contributed by atoms with Crippen LogP contribution in [0.3, 0.4) is 0 Å². The van der Waals surface area contributed by atoms with Crippen molar-refractivity contribution >= 4 is 17.7 Å². The molecule has 2 amide bonds. The molecule has 0 saturated carbocycles. The quantitative estimate of drug-likeness (QED) is 0.786. The van der Waals surface area contributed by atoms with Crippen LogP contribution < -0.4 is 16.0 Å². The van der Waals surface area contributed by atoms with Crippen LogP contribution in [0.25, 0.3) is 0 Å². The minimum absolute atomic E-state index is 0.0738. The number of nitrogens with one attached hydrogen (secondary N) is 1. The number of hydrogen-bond acceptors (Lipinski definition) is 5. The van der Waals surface area contributed by atoms with Gasteiger partial charge in [-0.1, -0.05) is 0 Å². The molecule has 2 aliphatic heterocycles. The predicted molar refractivity (Wildman–Crippen MR) is 71.8 cm³/mol. The van der Waals surface area contributed by atoms with Gasteiger partial charge < -0.3 is 20.9 Å². The highest BCUT2D eigenvalue weighted by Crippen LogP contribution is 2.22. The van der Waals surface area contributed by atoms with Gasteiger partial charge in [0, 0.05) is 38.3 Å². The van der Waals surface area contributed by atoms with Crippen molar-refractivity contribution in [2.24, 2.45) is 0 Å². The molecule has 0 atom stereocenters. The third-order valence-corrected chi connectivity index (χ3v) is 3.79. The van der Waals surface area contributed by atoms with E-state index in [2.05, 4.69) is 20.2 Å². The number of carbonyl (C=O) groups excluding carboxylic acids is 1. The van der Waals surface area contributed by atoms with E-state index in [-0.39, 0.29) is 6.03 Å². The van der Waals surface area contributed by atoms with Gasteiger partial charge in [-0.3, -0.25) is 0 Å². The summed E-state index contributed by atoms with van der Waals surface area (Å²) in [6.45, 7) is 3.38. The number of carbonyl (C=O) groups is 1. The second-order valence-electron chi connectivity index (χ2n) is 4.94. The molecule has 0 aromatic carbocycles. The fourth-order valence-corrected chi connectivity index (χ4v) is 2.78. The summed E-state index contributed by atoms with van der Waals surface area (Å²) in [7, 11) is 0. The molecule has 0 aliphatic carbocycles. The van der Waals surface area contributed by atoms with Gasteiger partial charge in [-0.05, 0) is 12.8 Å². The Morgan fingerprint density at radius 2 is 2.05 bits per heavy atom. The fraction of sp³-hybridized carbons (Fsp3) is 0.583. The summed E-state index contributed by atoms with van der Waals surface area (Å²) in [6.07, 6.45) is 3.43. The highest BCUT2D eigenvalue weighted by atomic mass is 16.2. The number of nitrogens with zero attached hydrogens (tertiary/aromatic N) is 4. The zero-order chi connectivity index (χ0) is 13.2. The third kappa shape index (κ3) is 2.40. The average molecular weight is 262 g/mol. The van der Waals surface area contributed by atoms with Gasteiger partial charge in [-0.15, -0.1) is 0 Å². The minimum Gasteiger partial charge on any atom is -0.384 e. The van der Waals surface area contributed by atoms with E-state index < -0.39 is 0 Å². The Kier molecular flexibility index (Phi) is 3.10. The van der Waals surface area contributed by atoms with Crippen molar-refractivity contribution in [2.45, 2.75) is 18.9 Å². The second kappa shape index (κ2) is 4.91. The van der Waals surface area contributed by atoms with E-state index in [1.165, 1.54) is 6.33 Å². The lowest BCUT2D eigenvalue weighted by molar-refractivity contribution is 0.186. The van der Waals surface area contributed by atoms with Crippen LogP contribution in [-0.4, -0.2) is 53.1 Å². The van der Waals surface area contributed by atoms with Crippen LogP contribution >= 0.6 is 0 Å². The number of nitrogens with two attached hydrogens (primary N) is 1. The molecule has 1 aromatic rings. The van der Waals surface area contributed by atoms with E-state index in [9.17, 15) is 4.79 Å². The molecule has 3 N–H and O–H groups in total. The van der Waals surface area contributed by atoms with Gasteiger partial charge in [0.25, 0.3) is 0 Å². The second-order valence-corrected chi connectivity index (χ2v) is 4.94. The number of anilines is 2. The number of hydrogen-bond donors (Lipinski definition) is 2. The highest BCUT2D eigenvalue weighted by molar-refractivity contribution is 5.76. The first-order chi connectivity index (χ1) is 9.24. The maximum absolute atomic E-state index is 11.6. The predicted octanol–water partition coefficient (Wildman–Crippen LogP) is 0.0528. The molecule has 7 heteroatoms. The smallest absolute Gasteiger partial charge is 0.317 e. The molecule has 2 fully saturated rings. The molecule has 102 valence electrons. The normalized spacial score (nSPS) is 20.7. The number of urea groups is 1. The first kappa shape index (κ1) is 12.0. The standard InChI is InChI=1S/C12H18N6O/c13-10-7-11(16-8-15-10)17-4-1-9(2-5-17)18-6-3-14-12(18)19/h7-9H,1-6H2,(H,14,19)(H2,13,15,16). The van der Waals surface area contributed by atoms with Gasteiger partial charge in [0.1, 0.15) is 18.0 Å². The molecule has 1 aromatic heterocycles. The lowest BCUT2D eigenvalue weighted by Gasteiger charge is -2.36. The van der Waals surface area contributed by atoms with E-state index in [0.717, 1.165) is 44.8 Å². The maximum Gasteiger partial charge on any atom is 0.317 e. The van der Waals surface area contributed by atoms with Crippen molar-refractivity contribution in [2.75, 3.05) is 36.8 Å². The Hall–Kier alpha value is -2.05. The minimum atomic E-state index is 0.0738. The Labute approximate surface area is 111 Å². The summed E-state index contributed by atoms with van der Waals surface area (Å²) in [5.41, 5.74) is 5.67. The van der Waals surface area contributed by atoms with E-state index in [0.29, 0.717) is 11.9 Å². The monoisotopic (exact) mass is 262 g/mol. The highest BCUT2D eigenvalue weighted by Gasteiger charge is 2.30. The van der Waals surface area contributed by atoms with Gasteiger partial charge >= 0.3 is 6.03 Å². The van der Waals surface area contributed by atoms with Gasteiger partial charge in [0.2, 0.25) is 0 Å². The summed E-state index contributed by atoms with van der Waals surface area (Å²) in [5.74, 6) is 1.36. The zero-order valence-electron chi connectivity index (χ0n) is 10.7. The Bertz CT molecular complexity index is 471. The molecule has 19 heavy (non-hydrogen) atoms. The Morgan fingerprint density at radius 1 is 1.26 bits per heavy atom. The van der Waals surface area contributed by atoms with Crippen molar-refractivity contribution in [1.82, 2.24) is 20.2 Å². The maximum atomic E-state index is 11.6. The van der Waals surface area contributed by atoms with Crippen LogP contribution in [-0.2, 0) is 0 Å². The van der Waals surface area contributed by atoms with Gasteiger partial charge in [0.15, 0.2) is 0 Å². The van der Waals surface area contributed by atoms with Crippen LogP contribution in [0.5, 0.6) is 0 Å². The van der Waals surface area contributed by atoms with Crippen LogP contribution in [0.1, 0.15) is 12.8 Å². The largest absolute Gasteiger partial charge is 0.384 e. The van der Waals surface area contributed by atoms with Crippen LogP contribution in [0, 0.1) is 0 Å². The number of amides is 2. The summed E-state index contributed by atoms with van der Waals surface area (Å²) in [5, 5.41) is 2.85. The summed E-state index contributed by atoms with van der Waals surface area (Å²) < 4.78 is 0. The fourth-order valence-electron chi connectivity index (χ4n) is 2.78. The first-order valence-electron chi connectivity index (χ1n) is 6.61. The van der Waals surface area contributed by atoms with E-state index in [1.807, 2.05) is 4.90 Å². The first-order valence-corrected chi connectivity index (χ1v) is 6.61. The van der Waals surface area contributed by atoms with Crippen molar-refractivity contribution in [3.8, 4) is 0 Å². The van der Waals surface area contributed by atoms with E-state index in [4.69, 9.17) is 5.73 Å². The lowest BCUT2D eigenvalue weighted by Crippen LogP contribution is -2.46. The molecule has 0 spiro atoms. The molecular formula is C12H18N6O. The summed E-state index contributed by atoms with van der Waals surface area (Å²) in [6, 6.07) is 2.21. The summed E-state index contributed by atoms with van der Waals surface area (Å²) in [4.78, 5) is 23.9. The van der Waals surface area contributed by atoms with E-state index >= 15 is 0 Å². The number of piperidine rings is 1. The number of aromatic nitrogens is 2. The molecule has 2 aliphatic rings. The molecule has 0 bridgehead atoms.